The highest BCUT2D eigenvalue weighted by molar-refractivity contribution is 6.06. The zero-order chi connectivity index (χ0) is 30.9. The highest BCUT2D eigenvalue weighted by Gasteiger charge is 2.14. The van der Waals surface area contributed by atoms with E-state index >= 15 is 0 Å². The number of aryl methyl sites for hydroxylation is 1. The Hall–Kier alpha value is -5.93. The average Bonchev–Trinajstić information content (AvgIpc) is 3.14. The number of nitrogens with zero attached hydrogens (tertiary/aromatic N) is 3. The predicted octanol–water partition coefficient (Wildman–Crippen LogP) is 11.1. The van der Waals surface area contributed by atoms with Crippen molar-refractivity contribution >= 4 is 21.5 Å². The van der Waals surface area contributed by atoms with Crippen molar-refractivity contribution < 1.29 is 0 Å². The number of benzene rings is 7. The lowest BCUT2D eigenvalue weighted by molar-refractivity contribution is 0.910. The molecule has 0 bridgehead atoms. The Morgan fingerprint density at radius 2 is 0.891 bits per heavy atom. The summed E-state index contributed by atoms with van der Waals surface area (Å²) in [5.41, 5.74) is 9.12. The van der Waals surface area contributed by atoms with E-state index in [9.17, 15) is 0 Å². The molecule has 7 aromatic carbocycles. The van der Waals surface area contributed by atoms with E-state index in [1.54, 1.807) is 0 Å². The van der Waals surface area contributed by atoms with E-state index in [0.29, 0.717) is 11.6 Å². The van der Waals surface area contributed by atoms with Crippen LogP contribution in [0.4, 0.5) is 0 Å². The fourth-order valence-corrected chi connectivity index (χ4v) is 6.30. The summed E-state index contributed by atoms with van der Waals surface area (Å²) >= 11 is 0. The first-order valence-corrected chi connectivity index (χ1v) is 15.8. The second-order valence-corrected chi connectivity index (χ2v) is 11.6. The van der Waals surface area contributed by atoms with Crippen molar-refractivity contribution in [2.24, 2.45) is 0 Å². The zero-order valence-electron chi connectivity index (χ0n) is 25.6. The molecule has 8 rings (SSSR count). The highest BCUT2D eigenvalue weighted by Crippen LogP contribution is 2.37. The lowest BCUT2D eigenvalue weighted by Crippen LogP contribution is -2.02. The molecule has 0 saturated carbocycles. The lowest BCUT2D eigenvalue weighted by Gasteiger charge is -2.14. The van der Waals surface area contributed by atoms with E-state index in [2.05, 4.69) is 159 Å². The second-order valence-electron chi connectivity index (χ2n) is 11.6. The van der Waals surface area contributed by atoms with Crippen molar-refractivity contribution in [2.75, 3.05) is 0 Å². The van der Waals surface area contributed by atoms with E-state index in [0.717, 1.165) is 34.3 Å². The Morgan fingerprint density at radius 3 is 1.57 bits per heavy atom. The van der Waals surface area contributed by atoms with Gasteiger partial charge >= 0.3 is 0 Å². The minimum absolute atomic E-state index is 0.687. The largest absolute Gasteiger partial charge is 0.213 e. The van der Waals surface area contributed by atoms with E-state index < -0.39 is 0 Å². The summed E-state index contributed by atoms with van der Waals surface area (Å²) in [6.07, 6.45) is 0.722. The third kappa shape index (κ3) is 5.22. The van der Waals surface area contributed by atoms with Crippen LogP contribution >= 0.6 is 0 Å². The maximum absolute atomic E-state index is 5.03. The maximum Gasteiger partial charge on any atom is 0.163 e. The van der Waals surface area contributed by atoms with Gasteiger partial charge in [0.1, 0.15) is 5.82 Å². The number of hydrogen-bond donors (Lipinski definition) is 0. The van der Waals surface area contributed by atoms with Gasteiger partial charge in [-0.1, -0.05) is 146 Å². The van der Waals surface area contributed by atoms with Gasteiger partial charge in [0, 0.05) is 17.5 Å². The van der Waals surface area contributed by atoms with Crippen LogP contribution < -0.4 is 0 Å². The van der Waals surface area contributed by atoms with Gasteiger partial charge in [0.25, 0.3) is 0 Å². The molecule has 0 aliphatic heterocycles. The molecule has 0 atom stereocenters. The summed E-state index contributed by atoms with van der Waals surface area (Å²) < 4.78 is 0. The monoisotopic (exact) mass is 589 g/mol. The van der Waals surface area contributed by atoms with Crippen molar-refractivity contribution in [3.63, 3.8) is 0 Å². The van der Waals surface area contributed by atoms with Crippen LogP contribution in [0.5, 0.6) is 0 Å². The molecule has 0 amide bonds. The Balaban J connectivity index is 1.20. The molecule has 0 radical (unpaired) electrons. The standard InChI is InChI=1S/C43H31N3/c1-2-40-44-42(46-43(45-40)37-25-24-33-26-32(22-23-34(33)27-37)29-12-5-3-6-13-29)36-19-9-18-35(28-36)39-21-11-17-31-16-10-20-38(41(31)39)30-14-7-4-8-15-30/h3-28H,2H2,1H3. The fourth-order valence-electron chi connectivity index (χ4n) is 6.30. The summed E-state index contributed by atoms with van der Waals surface area (Å²) in [4.78, 5) is 14.8. The molecule has 1 aromatic heterocycles. The first-order chi connectivity index (χ1) is 22.7. The summed E-state index contributed by atoms with van der Waals surface area (Å²) in [5, 5.41) is 4.80. The first-order valence-electron chi connectivity index (χ1n) is 15.8. The van der Waals surface area contributed by atoms with Gasteiger partial charge in [-0.15, -0.1) is 0 Å². The molecule has 0 aliphatic carbocycles. The summed E-state index contributed by atoms with van der Waals surface area (Å²) in [6.45, 7) is 2.09. The highest BCUT2D eigenvalue weighted by atomic mass is 15.0. The SMILES string of the molecule is CCc1nc(-c2cccc(-c3cccc4cccc(-c5ccccc5)c34)c2)nc(-c2ccc3cc(-c4ccccc4)ccc3c2)n1. The van der Waals surface area contributed by atoms with Gasteiger partial charge in [0.15, 0.2) is 11.6 Å². The van der Waals surface area contributed by atoms with E-state index in [1.807, 2.05) is 6.07 Å². The minimum atomic E-state index is 0.687. The molecular formula is C43H31N3. The molecule has 3 heteroatoms. The van der Waals surface area contributed by atoms with Crippen molar-refractivity contribution in [2.45, 2.75) is 13.3 Å². The van der Waals surface area contributed by atoms with E-state index in [-0.39, 0.29) is 0 Å². The molecular weight excluding hydrogens is 558 g/mol. The summed E-state index contributed by atoms with van der Waals surface area (Å²) in [5.74, 6) is 2.16. The molecule has 0 saturated heterocycles. The van der Waals surface area contributed by atoms with Crippen molar-refractivity contribution in [3.05, 3.63) is 164 Å². The topological polar surface area (TPSA) is 38.7 Å². The Kier molecular flexibility index (Phi) is 7.12. The predicted molar refractivity (Wildman–Crippen MR) is 191 cm³/mol. The van der Waals surface area contributed by atoms with Crippen LogP contribution in [-0.4, -0.2) is 15.0 Å². The van der Waals surface area contributed by atoms with E-state index in [1.165, 1.54) is 44.0 Å². The van der Waals surface area contributed by atoms with Crippen LogP contribution in [0.25, 0.3) is 77.7 Å². The van der Waals surface area contributed by atoms with Crippen LogP contribution in [0.1, 0.15) is 12.7 Å². The maximum atomic E-state index is 5.03. The molecule has 1 heterocycles. The Labute approximate surface area is 268 Å². The van der Waals surface area contributed by atoms with Gasteiger partial charge in [-0.2, -0.15) is 0 Å². The van der Waals surface area contributed by atoms with Gasteiger partial charge in [0.05, 0.1) is 0 Å². The molecule has 3 nitrogen and oxygen atoms in total. The quantitative estimate of drug-likeness (QED) is 0.194. The molecule has 0 aliphatic rings. The van der Waals surface area contributed by atoms with Crippen LogP contribution in [0.2, 0.25) is 0 Å². The third-order valence-corrected chi connectivity index (χ3v) is 8.62. The van der Waals surface area contributed by atoms with Gasteiger partial charge in [-0.3, -0.25) is 0 Å². The van der Waals surface area contributed by atoms with Crippen LogP contribution in [0, 0.1) is 0 Å². The number of rotatable bonds is 6. The Bertz CT molecular complexity index is 2340. The van der Waals surface area contributed by atoms with Crippen molar-refractivity contribution in [1.82, 2.24) is 15.0 Å². The molecule has 218 valence electrons. The molecule has 0 fully saturated rings. The van der Waals surface area contributed by atoms with Crippen LogP contribution in [0.15, 0.2) is 158 Å². The van der Waals surface area contributed by atoms with Gasteiger partial charge < -0.3 is 0 Å². The van der Waals surface area contributed by atoms with Gasteiger partial charge in [-0.25, -0.2) is 15.0 Å². The fraction of sp³-hybridized carbons (Fsp3) is 0.0465. The van der Waals surface area contributed by atoms with Crippen LogP contribution in [-0.2, 0) is 6.42 Å². The van der Waals surface area contributed by atoms with Crippen molar-refractivity contribution in [1.29, 1.82) is 0 Å². The van der Waals surface area contributed by atoms with Gasteiger partial charge in [0.2, 0.25) is 0 Å². The number of fused-ring (bicyclic) bond motifs is 2. The van der Waals surface area contributed by atoms with Gasteiger partial charge in [-0.05, 0) is 73.1 Å². The zero-order valence-corrected chi connectivity index (χ0v) is 25.6. The summed E-state index contributed by atoms with van der Waals surface area (Å²) in [7, 11) is 0. The van der Waals surface area contributed by atoms with Crippen LogP contribution in [0.3, 0.4) is 0 Å². The lowest BCUT2D eigenvalue weighted by atomic mass is 9.91. The second kappa shape index (κ2) is 11.9. The number of hydrogen-bond acceptors (Lipinski definition) is 3. The average molecular weight is 590 g/mol. The molecule has 0 spiro atoms. The first kappa shape index (κ1) is 27.6. The third-order valence-electron chi connectivity index (χ3n) is 8.62. The Morgan fingerprint density at radius 1 is 0.370 bits per heavy atom. The molecule has 0 unspecified atom stereocenters. The molecule has 0 N–H and O–H groups in total. The number of aromatic nitrogens is 3. The van der Waals surface area contributed by atoms with Crippen molar-refractivity contribution in [3.8, 4) is 56.2 Å². The molecule has 8 aromatic rings. The normalized spacial score (nSPS) is 11.2. The summed E-state index contributed by atoms with van der Waals surface area (Å²) in [6, 6.07) is 55.8. The van der Waals surface area contributed by atoms with E-state index in [4.69, 9.17) is 15.0 Å². The molecule has 46 heavy (non-hydrogen) atoms. The minimum Gasteiger partial charge on any atom is -0.213 e. The smallest absolute Gasteiger partial charge is 0.163 e.